The van der Waals surface area contributed by atoms with Gasteiger partial charge in [-0.3, -0.25) is 4.90 Å². The van der Waals surface area contributed by atoms with Gasteiger partial charge in [0.1, 0.15) is 5.75 Å². The molecule has 2 heterocycles. The zero-order chi connectivity index (χ0) is 19.1. The van der Waals surface area contributed by atoms with Crippen LogP contribution in [0.1, 0.15) is 44.2 Å². The maximum Gasteiger partial charge on any atom is 0.240 e. The van der Waals surface area contributed by atoms with Crippen LogP contribution in [0.2, 0.25) is 0 Å². The second kappa shape index (κ2) is 9.68. The summed E-state index contributed by atoms with van der Waals surface area (Å²) in [6.07, 6.45) is 4.52. The Labute approximate surface area is 166 Å². The smallest absolute Gasteiger partial charge is 0.240 e. The number of hydrogen-bond donors (Lipinski definition) is 1. The number of thiophene rings is 1. The maximum atomic E-state index is 12.7. The Morgan fingerprint density at radius 1 is 1.15 bits per heavy atom. The molecule has 0 amide bonds. The van der Waals surface area contributed by atoms with Gasteiger partial charge in [0.25, 0.3) is 0 Å². The lowest BCUT2D eigenvalue weighted by Crippen LogP contribution is -2.40. The van der Waals surface area contributed by atoms with Gasteiger partial charge in [0.15, 0.2) is 0 Å². The first-order valence-electron chi connectivity index (χ1n) is 9.59. The molecule has 7 heteroatoms. The Hall–Kier alpha value is -1.41. The van der Waals surface area contributed by atoms with E-state index in [-0.39, 0.29) is 10.9 Å². The SMILES string of the molecule is CCCOc1ccc(S(=O)(=O)NCC(c2ccsc2)N2CCCCC2)cc1. The van der Waals surface area contributed by atoms with Crippen LogP contribution in [-0.2, 0) is 10.0 Å². The first-order chi connectivity index (χ1) is 13.1. The van der Waals surface area contributed by atoms with Crippen molar-refractivity contribution in [1.82, 2.24) is 9.62 Å². The summed E-state index contributed by atoms with van der Waals surface area (Å²) in [5.74, 6) is 0.695. The van der Waals surface area contributed by atoms with E-state index in [0.717, 1.165) is 19.5 Å². The van der Waals surface area contributed by atoms with E-state index in [9.17, 15) is 8.42 Å². The lowest BCUT2D eigenvalue weighted by molar-refractivity contribution is 0.165. The highest BCUT2D eigenvalue weighted by molar-refractivity contribution is 7.89. The Bertz CT molecular complexity index is 783. The Morgan fingerprint density at radius 2 is 1.89 bits per heavy atom. The van der Waals surface area contributed by atoms with Crippen molar-refractivity contribution in [3.05, 3.63) is 46.7 Å². The van der Waals surface area contributed by atoms with E-state index in [4.69, 9.17) is 4.74 Å². The Morgan fingerprint density at radius 3 is 2.52 bits per heavy atom. The van der Waals surface area contributed by atoms with Crippen molar-refractivity contribution < 1.29 is 13.2 Å². The molecule has 0 bridgehead atoms. The lowest BCUT2D eigenvalue weighted by atomic mass is 10.0. The maximum absolute atomic E-state index is 12.7. The largest absolute Gasteiger partial charge is 0.494 e. The molecular formula is C20H28N2O3S2. The minimum Gasteiger partial charge on any atom is -0.494 e. The molecule has 0 saturated carbocycles. The van der Waals surface area contributed by atoms with Gasteiger partial charge < -0.3 is 4.74 Å². The quantitative estimate of drug-likeness (QED) is 0.680. The summed E-state index contributed by atoms with van der Waals surface area (Å²) in [7, 11) is -3.55. The lowest BCUT2D eigenvalue weighted by Gasteiger charge is -2.34. The van der Waals surface area contributed by atoms with Crippen LogP contribution in [-0.4, -0.2) is 39.6 Å². The van der Waals surface area contributed by atoms with Crippen molar-refractivity contribution in [3.8, 4) is 5.75 Å². The number of nitrogens with zero attached hydrogens (tertiary/aromatic N) is 1. The van der Waals surface area contributed by atoms with Gasteiger partial charge in [-0.25, -0.2) is 13.1 Å². The Balaban J connectivity index is 1.68. The molecule has 1 atom stereocenters. The normalized spacial score (nSPS) is 16.9. The van der Waals surface area contributed by atoms with Gasteiger partial charge in [-0.15, -0.1) is 0 Å². The molecule has 0 aliphatic carbocycles. The van der Waals surface area contributed by atoms with Crippen molar-refractivity contribution >= 4 is 21.4 Å². The first-order valence-corrected chi connectivity index (χ1v) is 12.0. The molecule has 0 spiro atoms. The van der Waals surface area contributed by atoms with E-state index in [2.05, 4.69) is 26.4 Å². The number of ether oxygens (including phenoxy) is 1. The molecule has 5 nitrogen and oxygen atoms in total. The van der Waals surface area contributed by atoms with Gasteiger partial charge in [0.05, 0.1) is 11.5 Å². The highest BCUT2D eigenvalue weighted by atomic mass is 32.2. The van der Waals surface area contributed by atoms with Crippen molar-refractivity contribution in [2.75, 3.05) is 26.2 Å². The fourth-order valence-corrected chi connectivity index (χ4v) is 5.10. The fraction of sp³-hybridized carbons (Fsp3) is 0.500. The molecule has 0 radical (unpaired) electrons. The third kappa shape index (κ3) is 5.54. The van der Waals surface area contributed by atoms with Gasteiger partial charge in [-0.2, -0.15) is 11.3 Å². The second-order valence-corrected chi connectivity index (χ2v) is 9.39. The molecular weight excluding hydrogens is 380 g/mol. The molecule has 1 saturated heterocycles. The van der Waals surface area contributed by atoms with Gasteiger partial charge in [-0.05, 0) is 79.0 Å². The molecule has 2 aromatic rings. The van der Waals surface area contributed by atoms with Gasteiger partial charge in [0.2, 0.25) is 10.0 Å². The minimum atomic E-state index is -3.55. The summed E-state index contributed by atoms with van der Waals surface area (Å²) in [4.78, 5) is 2.67. The monoisotopic (exact) mass is 408 g/mol. The number of sulfonamides is 1. The number of likely N-dealkylation sites (tertiary alicyclic amines) is 1. The van der Waals surface area contributed by atoms with Crippen LogP contribution < -0.4 is 9.46 Å². The van der Waals surface area contributed by atoms with E-state index in [1.54, 1.807) is 35.6 Å². The number of nitrogens with one attached hydrogen (secondary N) is 1. The molecule has 1 N–H and O–H groups in total. The van der Waals surface area contributed by atoms with Gasteiger partial charge in [-0.1, -0.05) is 13.3 Å². The highest BCUT2D eigenvalue weighted by Crippen LogP contribution is 2.26. The van der Waals surface area contributed by atoms with Crippen molar-refractivity contribution in [3.63, 3.8) is 0 Å². The molecule has 27 heavy (non-hydrogen) atoms. The number of piperidine rings is 1. The zero-order valence-corrected chi connectivity index (χ0v) is 17.4. The van der Waals surface area contributed by atoms with Crippen LogP contribution in [0.15, 0.2) is 46.0 Å². The van der Waals surface area contributed by atoms with Crippen LogP contribution >= 0.6 is 11.3 Å². The number of rotatable bonds is 9. The summed E-state index contributed by atoms with van der Waals surface area (Å²) in [5, 5.41) is 4.17. The van der Waals surface area contributed by atoms with Crippen LogP contribution in [0.25, 0.3) is 0 Å². The third-order valence-electron chi connectivity index (χ3n) is 4.83. The molecule has 1 unspecified atom stereocenters. The highest BCUT2D eigenvalue weighted by Gasteiger charge is 2.25. The molecule has 1 fully saturated rings. The molecule has 1 aromatic carbocycles. The van der Waals surface area contributed by atoms with Crippen LogP contribution in [0, 0.1) is 0 Å². The number of benzene rings is 1. The van der Waals surface area contributed by atoms with E-state index in [0.29, 0.717) is 18.9 Å². The summed E-state index contributed by atoms with van der Waals surface area (Å²) in [6, 6.07) is 8.81. The summed E-state index contributed by atoms with van der Waals surface area (Å²) in [5.41, 5.74) is 1.19. The Kier molecular flexibility index (Phi) is 7.29. The van der Waals surface area contributed by atoms with Crippen molar-refractivity contribution in [2.45, 2.75) is 43.5 Å². The van der Waals surface area contributed by atoms with Crippen molar-refractivity contribution in [1.29, 1.82) is 0 Å². The zero-order valence-electron chi connectivity index (χ0n) is 15.8. The van der Waals surface area contributed by atoms with E-state index >= 15 is 0 Å². The van der Waals surface area contributed by atoms with Crippen molar-refractivity contribution in [2.24, 2.45) is 0 Å². The topological polar surface area (TPSA) is 58.6 Å². The van der Waals surface area contributed by atoms with E-state index in [1.165, 1.54) is 24.8 Å². The minimum absolute atomic E-state index is 0.0819. The molecule has 148 valence electrons. The standard InChI is InChI=1S/C20H28N2O3S2/c1-2-13-25-18-6-8-19(9-7-18)27(23,24)21-15-20(17-10-14-26-16-17)22-11-4-3-5-12-22/h6-10,14,16,20-21H,2-5,11-13,15H2,1H3. The number of hydrogen-bond acceptors (Lipinski definition) is 5. The van der Waals surface area contributed by atoms with Crippen LogP contribution in [0.3, 0.4) is 0 Å². The van der Waals surface area contributed by atoms with E-state index in [1.807, 2.05) is 6.92 Å². The van der Waals surface area contributed by atoms with Gasteiger partial charge >= 0.3 is 0 Å². The first kappa shape index (κ1) is 20.3. The predicted octanol–water partition coefficient (Wildman–Crippen LogP) is 4.04. The molecule has 1 aromatic heterocycles. The molecule has 3 rings (SSSR count). The summed E-state index contributed by atoms with van der Waals surface area (Å²) in [6.45, 7) is 5.09. The predicted molar refractivity (Wildman–Crippen MR) is 110 cm³/mol. The average molecular weight is 409 g/mol. The molecule has 1 aliphatic rings. The van der Waals surface area contributed by atoms with Crippen LogP contribution in [0.5, 0.6) is 5.75 Å². The van der Waals surface area contributed by atoms with Gasteiger partial charge in [0, 0.05) is 12.6 Å². The van der Waals surface area contributed by atoms with Crippen LogP contribution in [0.4, 0.5) is 0 Å². The average Bonchev–Trinajstić information content (AvgIpc) is 3.22. The second-order valence-electron chi connectivity index (χ2n) is 6.84. The molecule has 1 aliphatic heterocycles. The summed E-state index contributed by atoms with van der Waals surface area (Å²) >= 11 is 1.65. The fourth-order valence-electron chi connectivity index (χ4n) is 3.36. The third-order valence-corrected chi connectivity index (χ3v) is 6.97. The summed E-state index contributed by atoms with van der Waals surface area (Å²) < 4.78 is 33.8. The van der Waals surface area contributed by atoms with E-state index < -0.39 is 10.0 Å².